The maximum Gasteiger partial charge on any atom is 0.223 e. The smallest absolute Gasteiger partial charge is 0.223 e. The van der Waals surface area contributed by atoms with E-state index < -0.39 is 11.0 Å². The first-order valence-corrected chi connectivity index (χ1v) is 9.93. The summed E-state index contributed by atoms with van der Waals surface area (Å²) in [4.78, 5) is 14.8. The molecule has 7 heteroatoms. The lowest BCUT2D eigenvalue weighted by molar-refractivity contribution is -0.132. The molecule has 2 rings (SSSR count). The summed E-state index contributed by atoms with van der Waals surface area (Å²) in [6.07, 6.45) is 1.33. The molecule has 1 unspecified atom stereocenters. The summed E-state index contributed by atoms with van der Waals surface area (Å²) < 4.78 is 14.7. The van der Waals surface area contributed by atoms with E-state index in [9.17, 15) is 9.00 Å². The van der Waals surface area contributed by atoms with E-state index in [4.69, 9.17) is 23.2 Å². The Morgan fingerprint density at radius 3 is 2.50 bits per heavy atom. The Morgan fingerprint density at radius 1 is 1.17 bits per heavy atom. The van der Waals surface area contributed by atoms with Crippen LogP contribution in [0, 0.1) is 5.41 Å². The van der Waals surface area contributed by atoms with Crippen LogP contribution in [0.5, 0.6) is 0 Å². The van der Waals surface area contributed by atoms with Crippen LogP contribution in [-0.4, -0.2) is 45.5 Å². The van der Waals surface area contributed by atoms with Crippen LogP contribution in [0.3, 0.4) is 0 Å². The summed E-state index contributed by atoms with van der Waals surface area (Å²) in [7, 11) is -1.34. The minimum absolute atomic E-state index is 0.0251. The van der Waals surface area contributed by atoms with Gasteiger partial charge in [-0.25, -0.2) is 8.51 Å². The van der Waals surface area contributed by atoms with Gasteiger partial charge in [0.05, 0.1) is 9.92 Å². The Labute approximate surface area is 156 Å². The Hall–Kier alpha value is -0.620. The second kappa shape index (κ2) is 8.17. The highest BCUT2D eigenvalue weighted by Crippen LogP contribution is 2.26. The number of benzene rings is 1. The maximum atomic E-state index is 12.8. The lowest BCUT2D eigenvalue weighted by Crippen LogP contribution is -2.37. The van der Waals surface area contributed by atoms with Crippen LogP contribution >= 0.6 is 23.2 Å². The Morgan fingerprint density at radius 2 is 1.88 bits per heavy atom. The van der Waals surface area contributed by atoms with Gasteiger partial charge in [0.25, 0.3) is 0 Å². The van der Waals surface area contributed by atoms with Gasteiger partial charge in [0.1, 0.15) is 11.0 Å². The molecule has 24 heavy (non-hydrogen) atoms. The summed E-state index contributed by atoms with van der Waals surface area (Å²) in [5, 5.41) is 0.932. The van der Waals surface area contributed by atoms with E-state index in [1.54, 1.807) is 18.2 Å². The number of halogens is 2. The summed E-state index contributed by atoms with van der Waals surface area (Å²) in [5.41, 5.74) is -0.0251. The zero-order valence-corrected chi connectivity index (χ0v) is 16.7. The Bertz CT molecular complexity index is 632. The number of hydrogen-bond donors (Lipinski definition) is 0. The molecule has 1 aromatic carbocycles. The van der Waals surface area contributed by atoms with Crippen molar-refractivity contribution in [2.45, 2.75) is 38.5 Å². The van der Waals surface area contributed by atoms with Crippen molar-refractivity contribution in [2.75, 3.05) is 26.2 Å². The number of rotatable bonds is 3. The van der Waals surface area contributed by atoms with Gasteiger partial charge < -0.3 is 4.90 Å². The molecule has 0 aromatic heterocycles. The van der Waals surface area contributed by atoms with Crippen LogP contribution in [0.1, 0.15) is 33.6 Å². The van der Waals surface area contributed by atoms with Gasteiger partial charge in [-0.05, 0) is 30.0 Å². The van der Waals surface area contributed by atoms with Gasteiger partial charge in [-0.2, -0.15) is 0 Å². The van der Waals surface area contributed by atoms with Crippen molar-refractivity contribution in [1.29, 1.82) is 0 Å². The predicted molar refractivity (Wildman–Crippen MR) is 99.7 cm³/mol. The number of amides is 1. The molecule has 1 heterocycles. The average molecular weight is 391 g/mol. The molecule has 1 aromatic rings. The van der Waals surface area contributed by atoms with Crippen LogP contribution in [0.25, 0.3) is 0 Å². The zero-order chi connectivity index (χ0) is 17.9. The fourth-order valence-electron chi connectivity index (χ4n) is 2.63. The fourth-order valence-corrected chi connectivity index (χ4v) is 4.47. The maximum absolute atomic E-state index is 12.8. The van der Waals surface area contributed by atoms with Crippen molar-refractivity contribution < 1.29 is 9.00 Å². The van der Waals surface area contributed by atoms with Crippen LogP contribution in [0.15, 0.2) is 23.1 Å². The molecule has 1 atom stereocenters. The van der Waals surface area contributed by atoms with E-state index in [1.807, 2.05) is 9.21 Å². The number of carbonyl (C=O) groups is 1. The molecule has 0 N–H and O–H groups in total. The van der Waals surface area contributed by atoms with E-state index >= 15 is 0 Å². The Balaban J connectivity index is 2.02. The molecule has 1 fully saturated rings. The SMILES string of the molecule is CC(C)(C)CC(=O)N1CCCN(S(=O)c2ccc(Cl)cc2Cl)CC1. The van der Waals surface area contributed by atoms with Crippen LogP contribution in [0.4, 0.5) is 0 Å². The minimum atomic E-state index is -1.34. The van der Waals surface area contributed by atoms with Crippen LogP contribution in [-0.2, 0) is 15.8 Å². The van der Waals surface area contributed by atoms with Gasteiger partial charge in [-0.3, -0.25) is 4.79 Å². The first-order chi connectivity index (χ1) is 11.2. The van der Waals surface area contributed by atoms with E-state index in [0.29, 0.717) is 47.5 Å². The third-order valence-corrected chi connectivity index (χ3v) is 6.03. The summed E-state index contributed by atoms with van der Waals surface area (Å²) >= 11 is 12.1. The molecule has 0 spiro atoms. The predicted octanol–water partition coefficient (Wildman–Crippen LogP) is 3.99. The molecule has 134 valence electrons. The van der Waals surface area contributed by atoms with Crippen molar-refractivity contribution in [3.8, 4) is 0 Å². The highest BCUT2D eigenvalue weighted by molar-refractivity contribution is 7.82. The lowest BCUT2D eigenvalue weighted by atomic mass is 9.91. The second-order valence-electron chi connectivity index (χ2n) is 7.22. The molecule has 1 amide bonds. The molecule has 0 aliphatic carbocycles. The number of nitrogens with zero attached hydrogens (tertiary/aromatic N) is 2. The normalized spacial score (nSPS) is 18.3. The minimum Gasteiger partial charge on any atom is -0.341 e. The van der Waals surface area contributed by atoms with Crippen molar-refractivity contribution in [2.24, 2.45) is 5.41 Å². The standard InChI is InChI=1S/C17H24Cl2N2O2S/c1-17(2,3)12-16(22)20-7-4-8-21(10-9-20)24(23)15-6-5-13(18)11-14(15)19/h5-6,11H,4,7-10,12H2,1-3H3. The topological polar surface area (TPSA) is 40.6 Å². The summed E-state index contributed by atoms with van der Waals surface area (Å²) in [5.74, 6) is 0.166. The molecule has 0 saturated carbocycles. The quantitative estimate of drug-likeness (QED) is 0.782. The largest absolute Gasteiger partial charge is 0.341 e. The zero-order valence-electron chi connectivity index (χ0n) is 14.3. The van der Waals surface area contributed by atoms with Gasteiger partial charge >= 0.3 is 0 Å². The summed E-state index contributed by atoms with van der Waals surface area (Å²) in [6.45, 7) is 8.72. The molecular weight excluding hydrogens is 367 g/mol. The molecule has 1 aliphatic heterocycles. The second-order valence-corrected chi connectivity index (χ2v) is 9.52. The average Bonchev–Trinajstić information content (AvgIpc) is 2.70. The van der Waals surface area contributed by atoms with Crippen molar-refractivity contribution in [3.05, 3.63) is 28.2 Å². The van der Waals surface area contributed by atoms with Crippen molar-refractivity contribution >= 4 is 40.1 Å². The third-order valence-electron chi connectivity index (χ3n) is 3.81. The van der Waals surface area contributed by atoms with Gasteiger partial charge in [0, 0.05) is 37.6 Å². The lowest BCUT2D eigenvalue weighted by Gasteiger charge is -2.25. The van der Waals surface area contributed by atoms with E-state index in [1.165, 1.54) is 0 Å². The highest BCUT2D eigenvalue weighted by Gasteiger charge is 2.26. The molecule has 0 bridgehead atoms. The van der Waals surface area contributed by atoms with Crippen LogP contribution in [0.2, 0.25) is 10.0 Å². The molecule has 4 nitrogen and oxygen atoms in total. The van der Waals surface area contributed by atoms with Gasteiger partial charge in [0.15, 0.2) is 0 Å². The third kappa shape index (κ3) is 5.45. The number of hydrogen-bond acceptors (Lipinski definition) is 2. The van der Waals surface area contributed by atoms with Crippen molar-refractivity contribution in [3.63, 3.8) is 0 Å². The van der Waals surface area contributed by atoms with Crippen molar-refractivity contribution in [1.82, 2.24) is 9.21 Å². The fraction of sp³-hybridized carbons (Fsp3) is 0.588. The molecule has 1 aliphatic rings. The van der Waals surface area contributed by atoms with Gasteiger partial charge in [0.2, 0.25) is 5.91 Å². The molecular formula is C17H24Cl2N2O2S. The van der Waals surface area contributed by atoms with E-state index in [2.05, 4.69) is 20.8 Å². The van der Waals surface area contributed by atoms with Gasteiger partial charge in [-0.1, -0.05) is 44.0 Å². The first-order valence-electron chi connectivity index (χ1n) is 8.07. The first kappa shape index (κ1) is 19.7. The highest BCUT2D eigenvalue weighted by atomic mass is 35.5. The Kier molecular flexibility index (Phi) is 6.71. The number of carbonyl (C=O) groups excluding carboxylic acids is 1. The van der Waals surface area contributed by atoms with E-state index in [-0.39, 0.29) is 11.3 Å². The van der Waals surface area contributed by atoms with Crippen LogP contribution < -0.4 is 0 Å². The monoisotopic (exact) mass is 390 g/mol. The van der Waals surface area contributed by atoms with Gasteiger partial charge in [-0.15, -0.1) is 0 Å². The molecule has 0 radical (unpaired) electrons. The molecule has 1 saturated heterocycles. The summed E-state index contributed by atoms with van der Waals surface area (Å²) in [6, 6.07) is 5.00. The van der Waals surface area contributed by atoms with E-state index in [0.717, 1.165) is 6.42 Å².